The van der Waals surface area contributed by atoms with Crippen LogP contribution >= 0.6 is 0 Å². The lowest BCUT2D eigenvalue weighted by Gasteiger charge is -2.07. The number of carbonyl (C=O) groups excluding carboxylic acids is 1. The zero-order chi connectivity index (χ0) is 19.1. The highest BCUT2D eigenvalue weighted by Gasteiger charge is 2.16. The molecule has 4 aromatic rings. The van der Waals surface area contributed by atoms with Crippen LogP contribution in [-0.2, 0) is 17.8 Å². The number of para-hydroxylation sites is 1. The first kappa shape index (κ1) is 16.5. The summed E-state index contributed by atoms with van der Waals surface area (Å²) in [7, 11) is 0. The summed E-state index contributed by atoms with van der Waals surface area (Å²) in [6.07, 6.45) is 4.99. The first-order valence-corrected chi connectivity index (χ1v) is 9.28. The van der Waals surface area contributed by atoms with Crippen LogP contribution in [0, 0.1) is 0 Å². The van der Waals surface area contributed by atoms with Crippen molar-refractivity contribution in [2.45, 2.75) is 19.4 Å². The zero-order valence-corrected chi connectivity index (χ0v) is 15.1. The minimum atomic E-state index is -0.257. The lowest BCUT2D eigenvalue weighted by atomic mass is 10.2. The van der Waals surface area contributed by atoms with Gasteiger partial charge in [-0.1, -0.05) is 18.2 Å². The van der Waals surface area contributed by atoms with E-state index in [0.29, 0.717) is 23.1 Å². The number of nitrogens with one attached hydrogen (secondary N) is 2. The Kier molecular flexibility index (Phi) is 3.83. The second-order valence-corrected chi connectivity index (χ2v) is 6.95. The van der Waals surface area contributed by atoms with E-state index in [1.807, 2.05) is 30.3 Å². The number of aromatic amines is 1. The Balaban J connectivity index is 1.38. The molecule has 0 fully saturated rings. The average molecular weight is 370 g/mol. The molecule has 0 unspecified atom stereocenters. The summed E-state index contributed by atoms with van der Waals surface area (Å²) in [5.74, 6) is 0.586. The topological polar surface area (TPSA) is 79.8 Å². The molecule has 28 heavy (non-hydrogen) atoms. The van der Waals surface area contributed by atoms with Crippen molar-refractivity contribution in [2.24, 2.45) is 0 Å². The van der Waals surface area contributed by atoms with Crippen LogP contribution in [0.15, 0.2) is 59.4 Å². The fourth-order valence-electron chi connectivity index (χ4n) is 3.70. The van der Waals surface area contributed by atoms with Gasteiger partial charge in [0.15, 0.2) is 0 Å². The lowest BCUT2D eigenvalue weighted by molar-refractivity contribution is -0.111. The number of anilines is 1. The van der Waals surface area contributed by atoms with Crippen molar-refractivity contribution in [3.05, 3.63) is 76.5 Å². The van der Waals surface area contributed by atoms with Gasteiger partial charge in [0.2, 0.25) is 5.91 Å². The third-order valence-corrected chi connectivity index (χ3v) is 5.05. The molecule has 0 spiro atoms. The number of carbonyl (C=O) groups is 1. The van der Waals surface area contributed by atoms with E-state index in [2.05, 4.69) is 15.3 Å². The number of benzene rings is 2. The van der Waals surface area contributed by atoms with E-state index in [1.54, 1.807) is 28.8 Å². The largest absolute Gasteiger partial charge is 0.355 e. The van der Waals surface area contributed by atoms with E-state index in [-0.39, 0.29) is 11.5 Å². The fraction of sp³-hybridized carbons (Fsp3) is 0.136. The Bertz CT molecular complexity index is 1280. The molecule has 6 nitrogen and oxygen atoms in total. The zero-order valence-electron chi connectivity index (χ0n) is 15.1. The molecule has 0 saturated heterocycles. The maximum atomic E-state index is 12.6. The molecule has 6 heteroatoms. The Labute approximate surface area is 160 Å². The third kappa shape index (κ3) is 2.89. The van der Waals surface area contributed by atoms with Gasteiger partial charge in [-0.15, -0.1) is 0 Å². The molecule has 5 rings (SSSR count). The molecule has 1 amide bonds. The summed E-state index contributed by atoms with van der Waals surface area (Å²) >= 11 is 0. The van der Waals surface area contributed by atoms with Gasteiger partial charge in [0.25, 0.3) is 5.56 Å². The second kappa shape index (κ2) is 6.49. The van der Waals surface area contributed by atoms with Crippen molar-refractivity contribution < 1.29 is 4.79 Å². The molecule has 138 valence electrons. The summed E-state index contributed by atoms with van der Waals surface area (Å²) in [5, 5.41) is 4.44. The first-order valence-electron chi connectivity index (χ1n) is 9.28. The van der Waals surface area contributed by atoms with Crippen LogP contribution in [0.2, 0.25) is 0 Å². The van der Waals surface area contributed by atoms with Crippen molar-refractivity contribution >= 4 is 39.5 Å². The summed E-state index contributed by atoms with van der Waals surface area (Å²) in [4.78, 5) is 32.8. The fourth-order valence-corrected chi connectivity index (χ4v) is 3.70. The first-order chi connectivity index (χ1) is 13.7. The highest BCUT2D eigenvalue weighted by molar-refractivity contribution is 6.03. The minimum absolute atomic E-state index is 0.0396. The van der Waals surface area contributed by atoms with E-state index in [1.165, 1.54) is 6.08 Å². The van der Waals surface area contributed by atoms with Gasteiger partial charge in [-0.25, -0.2) is 4.98 Å². The predicted octanol–water partition coefficient (Wildman–Crippen LogP) is 3.48. The van der Waals surface area contributed by atoms with E-state index < -0.39 is 0 Å². The molecule has 2 N–H and O–H groups in total. The number of nitrogens with zero attached hydrogens (tertiary/aromatic N) is 2. The smallest absolute Gasteiger partial charge is 0.261 e. The van der Waals surface area contributed by atoms with Crippen LogP contribution in [0.4, 0.5) is 5.69 Å². The number of hydrogen-bond acceptors (Lipinski definition) is 3. The Morgan fingerprint density at radius 1 is 1.18 bits per heavy atom. The quantitative estimate of drug-likeness (QED) is 0.542. The Morgan fingerprint density at radius 2 is 2.07 bits per heavy atom. The maximum Gasteiger partial charge on any atom is 0.261 e. The molecular weight excluding hydrogens is 352 g/mol. The van der Waals surface area contributed by atoms with Crippen molar-refractivity contribution in [3.8, 4) is 0 Å². The highest BCUT2D eigenvalue weighted by atomic mass is 16.1. The molecule has 0 atom stereocenters. The van der Waals surface area contributed by atoms with E-state index in [9.17, 15) is 9.59 Å². The van der Waals surface area contributed by atoms with Crippen LogP contribution in [-0.4, -0.2) is 20.4 Å². The minimum Gasteiger partial charge on any atom is -0.355 e. The number of aryl methyl sites for hydroxylation is 1. The summed E-state index contributed by atoms with van der Waals surface area (Å²) < 4.78 is 1.73. The van der Waals surface area contributed by atoms with Gasteiger partial charge in [0.05, 0.1) is 10.9 Å². The summed E-state index contributed by atoms with van der Waals surface area (Å²) in [6, 6.07) is 15.2. The van der Waals surface area contributed by atoms with E-state index in [4.69, 9.17) is 0 Å². The number of H-pyrrole nitrogens is 1. The van der Waals surface area contributed by atoms with Gasteiger partial charge in [-0.3, -0.25) is 14.2 Å². The van der Waals surface area contributed by atoms with Crippen LogP contribution in [0.1, 0.15) is 17.9 Å². The van der Waals surface area contributed by atoms with Gasteiger partial charge in [-0.2, -0.15) is 0 Å². The standard InChI is InChI=1S/C22H18N4O2/c27-21(10-8-15-12-14-4-1-2-5-18(14)23-15)24-16-7-9-19-17(13-16)22(28)26-11-3-6-20(26)25-19/h1-2,4-5,7-10,12-13,23H,3,6,11H2,(H,24,27)/b10-8+. The highest BCUT2D eigenvalue weighted by Crippen LogP contribution is 2.19. The van der Waals surface area contributed by atoms with Crippen LogP contribution in [0.5, 0.6) is 0 Å². The van der Waals surface area contributed by atoms with Crippen LogP contribution in [0.25, 0.3) is 27.9 Å². The molecule has 0 radical (unpaired) electrons. The lowest BCUT2D eigenvalue weighted by Crippen LogP contribution is -2.21. The molecule has 1 aliphatic heterocycles. The van der Waals surface area contributed by atoms with Crippen molar-refractivity contribution in [1.29, 1.82) is 0 Å². The molecule has 2 aromatic heterocycles. The number of rotatable bonds is 3. The Morgan fingerprint density at radius 3 is 2.96 bits per heavy atom. The number of hydrogen-bond donors (Lipinski definition) is 2. The maximum absolute atomic E-state index is 12.6. The van der Waals surface area contributed by atoms with Gasteiger partial charge in [0.1, 0.15) is 5.82 Å². The number of amides is 1. The molecule has 1 aliphatic rings. The molecule has 0 saturated carbocycles. The van der Waals surface area contributed by atoms with Gasteiger partial charge < -0.3 is 10.3 Å². The van der Waals surface area contributed by atoms with E-state index >= 15 is 0 Å². The number of aromatic nitrogens is 3. The van der Waals surface area contributed by atoms with Gasteiger partial charge in [-0.05, 0) is 48.2 Å². The van der Waals surface area contributed by atoms with E-state index in [0.717, 1.165) is 35.3 Å². The molecule has 0 aliphatic carbocycles. The predicted molar refractivity (Wildman–Crippen MR) is 110 cm³/mol. The van der Waals surface area contributed by atoms with Gasteiger partial charge >= 0.3 is 0 Å². The van der Waals surface area contributed by atoms with Crippen LogP contribution in [0.3, 0.4) is 0 Å². The number of fused-ring (bicyclic) bond motifs is 3. The summed E-state index contributed by atoms with van der Waals surface area (Å²) in [5.41, 5.74) is 3.09. The molecule has 0 bridgehead atoms. The second-order valence-electron chi connectivity index (χ2n) is 6.95. The molecule has 2 aromatic carbocycles. The molecular formula is C22H18N4O2. The normalized spacial score (nSPS) is 13.4. The molecule has 3 heterocycles. The monoisotopic (exact) mass is 370 g/mol. The van der Waals surface area contributed by atoms with Gasteiger partial charge in [0, 0.05) is 35.9 Å². The summed E-state index contributed by atoms with van der Waals surface area (Å²) in [6.45, 7) is 0.709. The third-order valence-electron chi connectivity index (χ3n) is 5.05. The van der Waals surface area contributed by atoms with Crippen molar-refractivity contribution in [1.82, 2.24) is 14.5 Å². The Hall–Kier alpha value is -3.67. The average Bonchev–Trinajstić information content (AvgIpc) is 3.33. The van der Waals surface area contributed by atoms with Crippen molar-refractivity contribution in [2.75, 3.05) is 5.32 Å². The SMILES string of the molecule is O=C(/C=C/c1cc2ccccc2[nH]1)Nc1ccc2nc3n(c(=O)c2c1)CCC3. The van der Waals surface area contributed by atoms with Crippen LogP contribution < -0.4 is 10.9 Å². The van der Waals surface area contributed by atoms with Crippen molar-refractivity contribution in [3.63, 3.8) is 0 Å².